The molecule has 0 radical (unpaired) electrons. The molecule has 2 nitrogen and oxygen atoms in total. The van der Waals surface area contributed by atoms with Gasteiger partial charge in [0.1, 0.15) is 0 Å². The summed E-state index contributed by atoms with van der Waals surface area (Å²) in [6.45, 7) is 6.05. The quantitative estimate of drug-likeness (QED) is 0.867. The van der Waals surface area contributed by atoms with Crippen molar-refractivity contribution in [3.63, 3.8) is 0 Å². The molecule has 0 spiro atoms. The van der Waals surface area contributed by atoms with Gasteiger partial charge in [-0.25, -0.2) is 0 Å². The molecule has 0 bridgehead atoms. The molecule has 0 aromatic heterocycles. The van der Waals surface area contributed by atoms with Crippen molar-refractivity contribution >= 4 is 0 Å². The highest BCUT2D eigenvalue weighted by atomic mass is 16.3. The predicted molar refractivity (Wildman–Crippen MR) is 89.2 cm³/mol. The molecule has 2 heteroatoms. The molecule has 1 N–H and O–H groups in total. The standard InChI is InChI=1S/C19H25NO/c1-15(2)13-20(3)14-19(21)18-11-9-17(10-12-18)16-7-5-4-6-8-16/h4-12,15,19,21H,13-14H2,1-3H3. The first-order valence-corrected chi connectivity index (χ1v) is 7.58. The fraction of sp³-hybridized carbons (Fsp3) is 0.368. The summed E-state index contributed by atoms with van der Waals surface area (Å²) in [7, 11) is 2.06. The van der Waals surface area contributed by atoms with Gasteiger partial charge in [0.2, 0.25) is 0 Å². The van der Waals surface area contributed by atoms with Gasteiger partial charge in [-0.2, -0.15) is 0 Å². The molecule has 2 aromatic rings. The van der Waals surface area contributed by atoms with Gasteiger partial charge in [-0.1, -0.05) is 68.4 Å². The molecule has 21 heavy (non-hydrogen) atoms. The third kappa shape index (κ3) is 4.69. The largest absolute Gasteiger partial charge is 0.387 e. The summed E-state index contributed by atoms with van der Waals surface area (Å²) in [4.78, 5) is 2.18. The number of aliphatic hydroxyl groups excluding tert-OH is 1. The maximum atomic E-state index is 10.3. The molecule has 0 heterocycles. The van der Waals surface area contributed by atoms with E-state index in [9.17, 15) is 5.11 Å². The highest BCUT2D eigenvalue weighted by molar-refractivity contribution is 5.63. The monoisotopic (exact) mass is 283 g/mol. The molecule has 112 valence electrons. The molecule has 0 amide bonds. The number of likely N-dealkylation sites (N-methyl/N-ethyl adjacent to an activating group) is 1. The SMILES string of the molecule is CC(C)CN(C)CC(O)c1ccc(-c2ccccc2)cc1. The zero-order chi connectivity index (χ0) is 15.2. The van der Waals surface area contributed by atoms with Crippen LogP contribution in [0.2, 0.25) is 0 Å². The Morgan fingerprint density at radius 2 is 1.43 bits per heavy atom. The fourth-order valence-electron chi connectivity index (χ4n) is 2.63. The molecule has 2 aromatic carbocycles. The average molecular weight is 283 g/mol. The van der Waals surface area contributed by atoms with Crippen LogP contribution in [0.25, 0.3) is 11.1 Å². The van der Waals surface area contributed by atoms with Crippen molar-refractivity contribution in [1.29, 1.82) is 0 Å². The van der Waals surface area contributed by atoms with Crippen LogP contribution in [-0.4, -0.2) is 30.1 Å². The second kappa shape index (κ2) is 7.39. The highest BCUT2D eigenvalue weighted by Crippen LogP contribution is 2.22. The number of aliphatic hydroxyl groups is 1. The van der Waals surface area contributed by atoms with E-state index in [0.717, 1.165) is 12.1 Å². The summed E-state index contributed by atoms with van der Waals surface area (Å²) < 4.78 is 0. The zero-order valence-corrected chi connectivity index (χ0v) is 13.2. The van der Waals surface area contributed by atoms with Crippen molar-refractivity contribution in [3.8, 4) is 11.1 Å². The van der Waals surface area contributed by atoms with E-state index in [-0.39, 0.29) is 0 Å². The summed E-state index contributed by atoms with van der Waals surface area (Å²) in [5.74, 6) is 0.614. The first-order valence-electron chi connectivity index (χ1n) is 7.58. The molecular weight excluding hydrogens is 258 g/mol. The molecule has 0 fully saturated rings. The summed E-state index contributed by atoms with van der Waals surface area (Å²) in [6, 6.07) is 18.5. The Balaban J connectivity index is 2.02. The summed E-state index contributed by atoms with van der Waals surface area (Å²) in [6.07, 6.45) is -0.432. The molecule has 0 aliphatic carbocycles. The van der Waals surface area contributed by atoms with Gasteiger partial charge < -0.3 is 10.0 Å². The molecule has 2 rings (SSSR count). The van der Waals surface area contributed by atoms with Crippen LogP contribution < -0.4 is 0 Å². The van der Waals surface area contributed by atoms with Gasteiger partial charge in [0.05, 0.1) is 6.10 Å². The smallest absolute Gasteiger partial charge is 0.0916 e. The number of hydrogen-bond donors (Lipinski definition) is 1. The van der Waals surface area contributed by atoms with Crippen LogP contribution in [0.4, 0.5) is 0 Å². The van der Waals surface area contributed by atoms with Crippen molar-refractivity contribution in [1.82, 2.24) is 4.90 Å². The minimum Gasteiger partial charge on any atom is -0.387 e. The van der Waals surface area contributed by atoms with Gasteiger partial charge in [-0.3, -0.25) is 0 Å². The van der Waals surface area contributed by atoms with E-state index in [4.69, 9.17) is 0 Å². The Hall–Kier alpha value is -1.64. The van der Waals surface area contributed by atoms with Crippen LogP contribution in [0.5, 0.6) is 0 Å². The van der Waals surface area contributed by atoms with E-state index in [0.29, 0.717) is 12.5 Å². The molecule has 1 atom stereocenters. The second-order valence-electron chi connectivity index (χ2n) is 6.12. The first kappa shape index (κ1) is 15.7. The van der Waals surface area contributed by atoms with Crippen LogP contribution >= 0.6 is 0 Å². The van der Waals surface area contributed by atoms with Crippen molar-refractivity contribution in [2.24, 2.45) is 5.92 Å². The topological polar surface area (TPSA) is 23.5 Å². The molecule has 1 unspecified atom stereocenters. The Morgan fingerprint density at radius 3 is 2.00 bits per heavy atom. The van der Waals surface area contributed by atoms with E-state index in [1.807, 2.05) is 30.3 Å². The van der Waals surface area contributed by atoms with Crippen LogP contribution in [-0.2, 0) is 0 Å². The average Bonchev–Trinajstić information content (AvgIpc) is 2.47. The minimum atomic E-state index is -0.432. The molecule has 0 saturated carbocycles. The van der Waals surface area contributed by atoms with Crippen molar-refractivity contribution in [2.45, 2.75) is 20.0 Å². The summed E-state index contributed by atoms with van der Waals surface area (Å²) in [5.41, 5.74) is 3.36. The Labute approximate surface area is 128 Å². The van der Waals surface area contributed by atoms with E-state index >= 15 is 0 Å². The number of rotatable bonds is 6. The highest BCUT2D eigenvalue weighted by Gasteiger charge is 2.11. The lowest BCUT2D eigenvalue weighted by molar-refractivity contribution is 0.121. The predicted octanol–water partition coefficient (Wildman–Crippen LogP) is 3.97. The van der Waals surface area contributed by atoms with E-state index < -0.39 is 6.10 Å². The van der Waals surface area contributed by atoms with Crippen molar-refractivity contribution in [3.05, 3.63) is 60.2 Å². The number of hydrogen-bond acceptors (Lipinski definition) is 2. The lowest BCUT2D eigenvalue weighted by atomic mass is 10.0. The summed E-state index contributed by atoms with van der Waals surface area (Å²) in [5, 5.41) is 10.3. The normalized spacial score (nSPS) is 12.9. The lowest BCUT2D eigenvalue weighted by Crippen LogP contribution is -2.28. The lowest BCUT2D eigenvalue weighted by Gasteiger charge is -2.22. The van der Waals surface area contributed by atoms with Gasteiger partial charge in [-0.15, -0.1) is 0 Å². The molecule has 0 saturated heterocycles. The molecular formula is C19H25NO. The van der Waals surface area contributed by atoms with Crippen molar-refractivity contribution < 1.29 is 5.11 Å². The Morgan fingerprint density at radius 1 is 0.857 bits per heavy atom. The third-order valence-electron chi connectivity index (χ3n) is 3.56. The first-order chi connectivity index (χ1) is 10.1. The minimum absolute atomic E-state index is 0.432. The number of benzene rings is 2. The van der Waals surface area contributed by atoms with E-state index in [1.165, 1.54) is 11.1 Å². The fourth-order valence-corrected chi connectivity index (χ4v) is 2.63. The van der Waals surface area contributed by atoms with Crippen LogP contribution in [0.15, 0.2) is 54.6 Å². The third-order valence-corrected chi connectivity index (χ3v) is 3.56. The van der Waals surface area contributed by atoms with Gasteiger partial charge >= 0.3 is 0 Å². The zero-order valence-electron chi connectivity index (χ0n) is 13.2. The van der Waals surface area contributed by atoms with Gasteiger partial charge in [0, 0.05) is 13.1 Å². The summed E-state index contributed by atoms with van der Waals surface area (Å²) >= 11 is 0. The van der Waals surface area contributed by atoms with Gasteiger partial charge in [0.15, 0.2) is 0 Å². The maximum absolute atomic E-state index is 10.3. The molecule has 0 aliphatic heterocycles. The Bertz CT molecular complexity index is 533. The Kier molecular flexibility index (Phi) is 5.54. The van der Waals surface area contributed by atoms with Gasteiger partial charge in [0.25, 0.3) is 0 Å². The van der Waals surface area contributed by atoms with Crippen LogP contribution in [0.3, 0.4) is 0 Å². The molecule has 0 aliphatic rings. The van der Waals surface area contributed by atoms with E-state index in [1.54, 1.807) is 0 Å². The van der Waals surface area contributed by atoms with E-state index in [2.05, 4.69) is 50.1 Å². The maximum Gasteiger partial charge on any atom is 0.0916 e. The van der Waals surface area contributed by atoms with Crippen molar-refractivity contribution in [2.75, 3.05) is 20.1 Å². The number of nitrogens with zero attached hydrogens (tertiary/aromatic N) is 1. The van der Waals surface area contributed by atoms with Gasteiger partial charge in [-0.05, 0) is 29.7 Å². The van der Waals surface area contributed by atoms with Crippen LogP contribution in [0, 0.1) is 5.92 Å². The second-order valence-corrected chi connectivity index (χ2v) is 6.12. The van der Waals surface area contributed by atoms with Crippen LogP contribution in [0.1, 0.15) is 25.5 Å².